The van der Waals surface area contributed by atoms with E-state index in [1.807, 2.05) is 0 Å². The van der Waals surface area contributed by atoms with Gasteiger partial charge in [0.25, 0.3) is 0 Å². The first-order chi connectivity index (χ1) is 8.95. The van der Waals surface area contributed by atoms with Crippen LogP contribution in [0.25, 0.3) is 0 Å². The lowest BCUT2D eigenvalue weighted by Gasteiger charge is -2.06. The van der Waals surface area contributed by atoms with E-state index in [-0.39, 0.29) is 23.7 Å². The molecule has 0 spiro atoms. The number of nitrogens with two attached hydrogens (primary N) is 1. The molecule has 0 fully saturated rings. The van der Waals surface area contributed by atoms with E-state index in [1.165, 1.54) is 11.8 Å². The molecule has 0 saturated heterocycles. The Morgan fingerprint density at radius 2 is 2.16 bits per heavy atom. The molecule has 1 heterocycles. The molecule has 1 aromatic rings. The highest BCUT2D eigenvalue weighted by atomic mass is 32.2. The van der Waals surface area contributed by atoms with Crippen molar-refractivity contribution in [3.05, 3.63) is 11.4 Å². The lowest BCUT2D eigenvalue weighted by molar-refractivity contribution is 0.0592. The Balaban J connectivity index is 2.95. The molecule has 108 valence electrons. The number of nitrogens with zero attached hydrogens (tertiary/aromatic N) is 3. The third-order valence-corrected chi connectivity index (χ3v) is 4.34. The van der Waals surface area contributed by atoms with Crippen molar-refractivity contribution in [1.29, 1.82) is 0 Å². The van der Waals surface area contributed by atoms with E-state index in [4.69, 9.17) is 5.73 Å². The summed E-state index contributed by atoms with van der Waals surface area (Å²) in [6.07, 6.45) is 0.379. The molecule has 1 aromatic heterocycles. The van der Waals surface area contributed by atoms with E-state index in [0.29, 0.717) is 18.7 Å². The Labute approximate surface area is 111 Å². The molecule has 19 heavy (non-hydrogen) atoms. The fourth-order valence-corrected chi connectivity index (χ4v) is 2.26. The minimum atomic E-state index is -3.10. The van der Waals surface area contributed by atoms with Crippen LogP contribution in [0, 0.1) is 0 Å². The van der Waals surface area contributed by atoms with Gasteiger partial charge in [0.15, 0.2) is 15.5 Å². The average Bonchev–Trinajstić information content (AvgIpc) is 2.79. The van der Waals surface area contributed by atoms with Crippen LogP contribution in [-0.2, 0) is 27.5 Å². The zero-order valence-corrected chi connectivity index (χ0v) is 11.8. The predicted octanol–water partition coefficient (Wildman–Crippen LogP) is -0.999. The number of hydrogen-bond acceptors (Lipinski definition) is 7. The largest absolute Gasteiger partial charge is 0.464 e. The van der Waals surface area contributed by atoms with Gasteiger partial charge in [-0.2, -0.15) is 0 Å². The summed E-state index contributed by atoms with van der Waals surface area (Å²) in [5, 5.41) is 7.51. The third-order valence-electron chi connectivity index (χ3n) is 2.65. The summed E-state index contributed by atoms with van der Waals surface area (Å²) in [4.78, 5) is 11.5. The first-order valence-corrected chi connectivity index (χ1v) is 7.68. The van der Waals surface area contributed by atoms with Crippen molar-refractivity contribution in [3.63, 3.8) is 0 Å². The minimum Gasteiger partial charge on any atom is -0.464 e. The van der Waals surface area contributed by atoms with Crippen LogP contribution < -0.4 is 5.73 Å². The number of carbonyl (C=O) groups excluding carboxylic acids is 1. The van der Waals surface area contributed by atoms with Crippen LogP contribution in [0.15, 0.2) is 0 Å². The molecule has 0 bridgehead atoms. The highest BCUT2D eigenvalue weighted by Crippen LogP contribution is 2.08. The van der Waals surface area contributed by atoms with Gasteiger partial charge in [0, 0.05) is 12.2 Å². The van der Waals surface area contributed by atoms with Crippen molar-refractivity contribution < 1.29 is 17.9 Å². The first-order valence-electron chi connectivity index (χ1n) is 5.86. The van der Waals surface area contributed by atoms with Gasteiger partial charge in [0.1, 0.15) is 0 Å². The fraction of sp³-hybridized carbons (Fsp3) is 0.700. The quantitative estimate of drug-likeness (QED) is 0.640. The second-order valence-corrected chi connectivity index (χ2v) is 6.35. The Bertz CT molecular complexity index is 538. The molecular weight excluding hydrogens is 272 g/mol. The van der Waals surface area contributed by atoms with Gasteiger partial charge in [-0.1, -0.05) is 12.1 Å². The van der Waals surface area contributed by atoms with Crippen molar-refractivity contribution in [3.8, 4) is 0 Å². The van der Waals surface area contributed by atoms with Gasteiger partial charge >= 0.3 is 5.97 Å². The number of hydrogen-bond donors (Lipinski definition) is 1. The number of esters is 1. The highest BCUT2D eigenvalue weighted by molar-refractivity contribution is 7.91. The summed E-state index contributed by atoms with van der Waals surface area (Å²) in [6, 6.07) is 0. The second kappa shape index (κ2) is 6.62. The summed E-state index contributed by atoms with van der Waals surface area (Å²) < 4.78 is 28.9. The molecule has 0 atom stereocenters. The van der Waals surface area contributed by atoms with E-state index < -0.39 is 15.8 Å². The molecule has 0 aliphatic rings. The van der Waals surface area contributed by atoms with Gasteiger partial charge < -0.3 is 10.5 Å². The minimum absolute atomic E-state index is 0.0506. The molecule has 8 nitrogen and oxygen atoms in total. The van der Waals surface area contributed by atoms with Crippen LogP contribution in [-0.4, -0.2) is 54.5 Å². The number of sulfone groups is 1. The van der Waals surface area contributed by atoms with Gasteiger partial charge in [0.05, 0.1) is 25.1 Å². The van der Waals surface area contributed by atoms with E-state index in [2.05, 4.69) is 15.0 Å². The Morgan fingerprint density at radius 1 is 1.47 bits per heavy atom. The van der Waals surface area contributed by atoms with Gasteiger partial charge in [-0.05, 0) is 6.54 Å². The zero-order chi connectivity index (χ0) is 14.5. The standard InChI is InChI=1S/C10H18N4O4S/c1-3-19(16,17)7-6-14-8(4-5-11)9(12-13-14)10(15)18-2/h3-7,11H2,1-2H3. The monoisotopic (exact) mass is 290 g/mol. The van der Waals surface area contributed by atoms with Crippen LogP contribution in [0.5, 0.6) is 0 Å². The Kier molecular flexibility index (Phi) is 5.43. The predicted molar refractivity (Wildman–Crippen MR) is 68.4 cm³/mol. The molecule has 0 aliphatic carbocycles. The molecule has 0 radical (unpaired) electrons. The Morgan fingerprint density at radius 3 is 2.68 bits per heavy atom. The lowest BCUT2D eigenvalue weighted by atomic mass is 10.2. The second-order valence-electron chi connectivity index (χ2n) is 3.87. The van der Waals surface area contributed by atoms with Gasteiger partial charge in [-0.3, -0.25) is 0 Å². The normalized spacial score (nSPS) is 11.5. The van der Waals surface area contributed by atoms with E-state index in [9.17, 15) is 13.2 Å². The first kappa shape index (κ1) is 15.6. The molecule has 0 unspecified atom stereocenters. The van der Waals surface area contributed by atoms with Crippen molar-refractivity contribution in [1.82, 2.24) is 15.0 Å². The number of methoxy groups -OCH3 is 1. The highest BCUT2D eigenvalue weighted by Gasteiger charge is 2.20. The summed E-state index contributed by atoms with van der Waals surface area (Å²) in [5.41, 5.74) is 6.05. The summed E-state index contributed by atoms with van der Waals surface area (Å²) in [7, 11) is -1.86. The molecule has 2 N–H and O–H groups in total. The average molecular weight is 290 g/mol. The van der Waals surface area contributed by atoms with Crippen molar-refractivity contribution in [2.45, 2.75) is 19.9 Å². The molecule has 0 amide bonds. The van der Waals surface area contributed by atoms with Crippen LogP contribution in [0.3, 0.4) is 0 Å². The van der Waals surface area contributed by atoms with E-state index in [0.717, 1.165) is 0 Å². The third kappa shape index (κ3) is 4.00. The SMILES string of the molecule is CCS(=O)(=O)CCn1nnc(C(=O)OC)c1CCN. The maximum Gasteiger partial charge on any atom is 0.360 e. The molecule has 9 heteroatoms. The summed E-state index contributed by atoms with van der Waals surface area (Å²) in [5.74, 6) is -0.587. The summed E-state index contributed by atoms with van der Waals surface area (Å²) >= 11 is 0. The molecule has 0 aromatic carbocycles. The molecule has 1 rings (SSSR count). The van der Waals surface area contributed by atoms with Crippen LogP contribution >= 0.6 is 0 Å². The number of ether oxygens (including phenoxy) is 1. The number of aryl methyl sites for hydroxylation is 1. The van der Waals surface area contributed by atoms with Gasteiger partial charge in [-0.15, -0.1) is 5.10 Å². The van der Waals surface area contributed by atoms with Gasteiger partial charge in [-0.25, -0.2) is 17.9 Å². The smallest absolute Gasteiger partial charge is 0.360 e. The van der Waals surface area contributed by atoms with Crippen molar-refractivity contribution in [2.75, 3.05) is 25.2 Å². The van der Waals surface area contributed by atoms with Crippen LogP contribution in [0.1, 0.15) is 23.1 Å². The lowest BCUT2D eigenvalue weighted by Crippen LogP contribution is -2.19. The molecule has 0 saturated carbocycles. The fourth-order valence-electron chi connectivity index (χ4n) is 1.52. The maximum absolute atomic E-state index is 11.5. The maximum atomic E-state index is 11.5. The Hall–Kier alpha value is -1.48. The number of aromatic nitrogens is 3. The van der Waals surface area contributed by atoms with E-state index >= 15 is 0 Å². The van der Waals surface area contributed by atoms with E-state index in [1.54, 1.807) is 6.92 Å². The van der Waals surface area contributed by atoms with Gasteiger partial charge in [0.2, 0.25) is 0 Å². The van der Waals surface area contributed by atoms with Crippen LogP contribution in [0.2, 0.25) is 0 Å². The van der Waals surface area contributed by atoms with Crippen molar-refractivity contribution in [2.24, 2.45) is 5.73 Å². The zero-order valence-electron chi connectivity index (χ0n) is 11.0. The van der Waals surface area contributed by atoms with Crippen molar-refractivity contribution >= 4 is 15.8 Å². The topological polar surface area (TPSA) is 117 Å². The summed E-state index contributed by atoms with van der Waals surface area (Å²) in [6.45, 7) is 2.03. The number of rotatable bonds is 7. The van der Waals surface area contributed by atoms with Crippen LogP contribution in [0.4, 0.5) is 0 Å². The molecule has 0 aliphatic heterocycles. The number of carbonyl (C=O) groups is 1. The molecular formula is C10H18N4O4S.